The molecule has 0 saturated carbocycles. The van der Waals surface area contributed by atoms with Crippen molar-refractivity contribution in [3.8, 4) is 0 Å². The van der Waals surface area contributed by atoms with Gasteiger partial charge < -0.3 is 4.74 Å². The first-order valence-corrected chi connectivity index (χ1v) is 8.30. The molecule has 0 aliphatic carbocycles. The highest BCUT2D eigenvalue weighted by Crippen LogP contribution is 2.19. The van der Waals surface area contributed by atoms with Crippen molar-refractivity contribution in [3.63, 3.8) is 0 Å². The molecule has 2 rings (SSSR count). The van der Waals surface area contributed by atoms with E-state index in [1.54, 1.807) is 18.2 Å². The third-order valence-corrected chi connectivity index (χ3v) is 4.34. The first-order valence-electron chi connectivity index (χ1n) is 8.30. The Kier molecular flexibility index (Phi) is 5.91. The van der Waals surface area contributed by atoms with Crippen LogP contribution in [-0.4, -0.2) is 18.4 Å². The molecule has 0 radical (unpaired) electrons. The lowest BCUT2D eigenvalue weighted by Crippen LogP contribution is -2.15. The van der Waals surface area contributed by atoms with Gasteiger partial charge in [0.15, 0.2) is 6.61 Å². The van der Waals surface area contributed by atoms with Crippen LogP contribution < -0.4 is 0 Å². The third kappa shape index (κ3) is 4.31. The Labute approximate surface area is 143 Å². The summed E-state index contributed by atoms with van der Waals surface area (Å²) >= 11 is 0. The second-order valence-corrected chi connectivity index (χ2v) is 6.25. The zero-order chi connectivity index (χ0) is 17.7. The molecule has 0 aromatic heterocycles. The van der Waals surface area contributed by atoms with Crippen molar-refractivity contribution in [1.29, 1.82) is 0 Å². The van der Waals surface area contributed by atoms with Gasteiger partial charge in [0.05, 0.1) is 5.56 Å². The average molecular weight is 324 g/mol. The van der Waals surface area contributed by atoms with Crippen LogP contribution in [0.1, 0.15) is 63.6 Å². The first-order chi connectivity index (χ1) is 11.4. The predicted molar refractivity (Wildman–Crippen MR) is 95.7 cm³/mol. The van der Waals surface area contributed by atoms with Crippen LogP contribution in [0.15, 0.2) is 42.5 Å². The van der Waals surface area contributed by atoms with Crippen LogP contribution in [0.25, 0.3) is 0 Å². The molecule has 24 heavy (non-hydrogen) atoms. The van der Waals surface area contributed by atoms with Gasteiger partial charge in [-0.25, -0.2) is 4.79 Å². The van der Waals surface area contributed by atoms with Crippen molar-refractivity contribution in [1.82, 2.24) is 0 Å². The van der Waals surface area contributed by atoms with Crippen LogP contribution in [0.5, 0.6) is 0 Å². The van der Waals surface area contributed by atoms with Crippen LogP contribution in [0, 0.1) is 13.8 Å². The van der Waals surface area contributed by atoms with Crippen LogP contribution in [0.2, 0.25) is 0 Å². The molecule has 0 bridgehead atoms. The maximum atomic E-state index is 12.2. The Morgan fingerprint density at radius 2 is 1.71 bits per heavy atom. The molecule has 0 aliphatic rings. The third-order valence-electron chi connectivity index (χ3n) is 4.34. The summed E-state index contributed by atoms with van der Waals surface area (Å²) in [5, 5.41) is 0. The van der Waals surface area contributed by atoms with Crippen LogP contribution in [-0.2, 0) is 4.74 Å². The fourth-order valence-corrected chi connectivity index (χ4v) is 2.60. The maximum Gasteiger partial charge on any atom is 0.338 e. The molecule has 1 unspecified atom stereocenters. The number of carbonyl (C=O) groups excluding carboxylic acids is 2. The highest BCUT2D eigenvalue weighted by atomic mass is 16.5. The lowest BCUT2D eigenvalue weighted by atomic mass is 9.98. The number of hydrogen-bond acceptors (Lipinski definition) is 3. The van der Waals surface area contributed by atoms with Gasteiger partial charge >= 0.3 is 5.97 Å². The van der Waals surface area contributed by atoms with E-state index in [0.717, 1.165) is 17.5 Å². The molecule has 0 N–H and O–H groups in total. The van der Waals surface area contributed by atoms with E-state index in [9.17, 15) is 9.59 Å². The Balaban J connectivity index is 1.98. The number of benzene rings is 2. The number of ether oxygens (including phenoxy) is 1. The molecule has 0 fully saturated rings. The van der Waals surface area contributed by atoms with Gasteiger partial charge in [0.2, 0.25) is 5.78 Å². The first kappa shape index (κ1) is 17.9. The largest absolute Gasteiger partial charge is 0.454 e. The van der Waals surface area contributed by atoms with E-state index < -0.39 is 5.97 Å². The number of esters is 1. The summed E-state index contributed by atoms with van der Waals surface area (Å²) in [5.41, 5.74) is 4.26. The van der Waals surface area contributed by atoms with E-state index in [4.69, 9.17) is 4.74 Å². The van der Waals surface area contributed by atoms with Gasteiger partial charge in [-0.1, -0.05) is 49.7 Å². The molecule has 2 aromatic rings. The Hall–Kier alpha value is -2.42. The summed E-state index contributed by atoms with van der Waals surface area (Å²) in [7, 11) is 0. The summed E-state index contributed by atoms with van der Waals surface area (Å²) in [4.78, 5) is 24.3. The monoisotopic (exact) mass is 324 g/mol. The molecule has 3 nitrogen and oxygen atoms in total. The minimum Gasteiger partial charge on any atom is -0.454 e. The molecule has 0 aliphatic heterocycles. The van der Waals surface area contributed by atoms with E-state index in [-0.39, 0.29) is 12.4 Å². The van der Waals surface area contributed by atoms with Crippen molar-refractivity contribution < 1.29 is 14.3 Å². The Morgan fingerprint density at radius 1 is 1.04 bits per heavy atom. The zero-order valence-corrected chi connectivity index (χ0v) is 14.8. The topological polar surface area (TPSA) is 43.4 Å². The van der Waals surface area contributed by atoms with E-state index in [0.29, 0.717) is 17.0 Å². The molecule has 0 heterocycles. The van der Waals surface area contributed by atoms with Gasteiger partial charge in [-0.15, -0.1) is 0 Å². The predicted octanol–water partition coefficient (Wildman–Crippen LogP) is 4.86. The lowest BCUT2D eigenvalue weighted by molar-refractivity contribution is 0.0474. The van der Waals surface area contributed by atoms with Crippen molar-refractivity contribution in [2.75, 3.05) is 6.61 Å². The molecular weight excluding hydrogens is 300 g/mol. The molecule has 0 spiro atoms. The second-order valence-electron chi connectivity index (χ2n) is 6.25. The summed E-state index contributed by atoms with van der Waals surface area (Å²) in [6.45, 7) is 7.90. The fourth-order valence-electron chi connectivity index (χ4n) is 2.60. The number of hydrogen-bond donors (Lipinski definition) is 0. The van der Waals surface area contributed by atoms with Gasteiger partial charge in [0.25, 0.3) is 0 Å². The minimum atomic E-state index is -0.469. The van der Waals surface area contributed by atoms with Gasteiger partial charge in [0, 0.05) is 5.56 Å². The Bertz CT molecular complexity index is 729. The summed E-state index contributed by atoms with van der Waals surface area (Å²) in [6, 6.07) is 13.0. The highest BCUT2D eigenvalue weighted by molar-refractivity contribution is 6.00. The summed E-state index contributed by atoms with van der Waals surface area (Å²) < 4.78 is 5.17. The van der Waals surface area contributed by atoms with Gasteiger partial charge in [-0.05, 0) is 49.4 Å². The van der Waals surface area contributed by atoms with Crippen molar-refractivity contribution in [2.24, 2.45) is 0 Å². The standard InChI is InChI=1S/C21H24O3/c1-5-15(3)17-7-9-18(10-8-17)21(23)24-13-20(22)19-11-6-14(2)12-16(19)4/h6-12,15H,5,13H2,1-4H3. The van der Waals surface area contributed by atoms with E-state index in [2.05, 4.69) is 13.8 Å². The number of ketones is 1. The molecule has 0 amide bonds. The second kappa shape index (κ2) is 7.91. The van der Waals surface area contributed by atoms with E-state index in [1.807, 2.05) is 38.1 Å². The van der Waals surface area contributed by atoms with Crippen LogP contribution >= 0.6 is 0 Å². The molecule has 0 saturated heterocycles. The molecule has 2 aromatic carbocycles. The van der Waals surface area contributed by atoms with Crippen LogP contribution in [0.3, 0.4) is 0 Å². The zero-order valence-electron chi connectivity index (χ0n) is 14.8. The number of Topliss-reactive ketones (excluding diaryl/α,β-unsaturated/α-hetero) is 1. The van der Waals surface area contributed by atoms with Gasteiger partial charge in [-0.2, -0.15) is 0 Å². The van der Waals surface area contributed by atoms with Crippen molar-refractivity contribution in [2.45, 2.75) is 40.0 Å². The normalized spacial score (nSPS) is 11.8. The van der Waals surface area contributed by atoms with Crippen molar-refractivity contribution in [3.05, 3.63) is 70.3 Å². The van der Waals surface area contributed by atoms with E-state index in [1.165, 1.54) is 5.56 Å². The molecule has 126 valence electrons. The maximum absolute atomic E-state index is 12.2. The number of carbonyl (C=O) groups is 2. The SMILES string of the molecule is CCC(C)c1ccc(C(=O)OCC(=O)c2ccc(C)cc2C)cc1. The van der Waals surface area contributed by atoms with Gasteiger partial charge in [-0.3, -0.25) is 4.79 Å². The Morgan fingerprint density at radius 3 is 2.29 bits per heavy atom. The number of aryl methyl sites for hydroxylation is 2. The van der Waals surface area contributed by atoms with Crippen molar-refractivity contribution >= 4 is 11.8 Å². The molecule has 1 atom stereocenters. The highest BCUT2D eigenvalue weighted by Gasteiger charge is 2.14. The summed E-state index contributed by atoms with van der Waals surface area (Å²) in [5.74, 6) is -0.193. The average Bonchev–Trinajstić information content (AvgIpc) is 2.58. The van der Waals surface area contributed by atoms with Crippen LogP contribution in [0.4, 0.5) is 0 Å². The van der Waals surface area contributed by atoms with E-state index >= 15 is 0 Å². The fraction of sp³-hybridized carbons (Fsp3) is 0.333. The molecular formula is C21H24O3. The summed E-state index contributed by atoms with van der Waals surface area (Å²) in [6.07, 6.45) is 1.05. The van der Waals surface area contributed by atoms with Gasteiger partial charge in [0.1, 0.15) is 0 Å². The quantitative estimate of drug-likeness (QED) is 0.563. The minimum absolute atomic E-state index is 0.183. The smallest absolute Gasteiger partial charge is 0.338 e. The number of rotatable bonds is 6. The lowest BCUT2D eigenvalue weighted by Gasteiger charge is -2.10. The molecule has 3 heteroatoms.